The molecule has 1 aromatic carbocycles. The number of aliphatic hydroxyl groups is 1. The number of carbonyl (C=O) groups excluding carboxylic acids is 1. The van der Waals surface area contributed by atoms with Crippen LogP contribution < -0.4 is 16.4 Å². The maximum atomic E-state index is 12.0. The summed E-state index contributed by atoms with van der Waals surface area (Å²) in [5.41, 5.74) is 12.6. The Labute approximate surface area is 231 Å². The first-order valence-electron chi connectivity index (χ1n) is 12.6. The van der Waals surface area contributed by atoms with Crippen LogP contribution in [-0.4, -0.2) is 45.0 Å². The Morgan fingerprint density at radius 3 is 2.76 bits per heavy atom. The smallest absolute Gasteiger partial charge is 0.269 e. The van der Waals surface area contributed by atoms with Crippen LogP contribution in [0.25, 0.3) is 22.2 Å². The lowest BCUT2D eigenvalue weighted by Gasteiger charge is -2.23. The van der Waals surface area contributed by atoms with Crippen LogP contribution in [0.1, 0.15) is 57.1 Å². The number of rotatable bonds is 8. The second kappa shape index (κ2) is 10.7. The molecule has 2 aromatic heterocycles. The highest BCUT2D eigenvalue weighted by molar-refractivity contribution is 9.10. The number of anilines is 1. The number of hydrogen-bond acceptors (Lipinski definition) is 6. The number of nitrogens with two attached hydrogens (primary N) is 1. The van der Waals surface area contributed by atoms with E-state index in [1.807, 2.05) is 19.2 Å². The van der Waals surface area contributed by atoms with Gasteiger partial charge in [0.25, 0.3) is 5.91 Å². The number of nitrogens with one attached hydrogen (secondary N) is 2. The van der Waals surface area contributed by atoms with Crippen molar-refractivity contribution in [1.82, 2.24) is 20.1 Å². The quantitative estimate of drug-likeness (QED) is 0.287. The zero-order valence-electron chi connectivity index (χ0n) is 22.7. The number of primary amides is 1. The molecule has 0 aliphatic heterocycles. The summed E-state index contributed by atoms with van der Waals surface area (Å²) in [5, 5.41) is 22.4. The number of hydrogen-bond donors (Lipinski definition) is 4. The van der Waals surface area contributed by atoms with Crippen LogP contribution in [0.3, 0.4) is 0 Å². The lowest BCUT2D eigenvalue weighted by Crippen LogP contribution is -2.30. The Kier molecular flexibility index (Phi) is 7.80. The fourth-order valence-electron chi connectivity index (χ4n) is 4.70. The largest absolute Gasteiger partial charge is 0.389 e. The van der Waals surface area contributed by atoms with Crippen molar-refractivity contribution in [2.24, 2.45) is 11.7 Å². The SMILES string of the molecule is CNC1=C(C)C(C)CC=C1C=C(C)c1cccc2c1c(Br)nn2-c1cnc(C(N)=O)c(NCC(C)(C)O)c1. The van der Waals surface area contributed by atoms with Gasteiger partial charge in [-0.3, -0.25) is 4.79 Å². The summed E-state index contributed by atoms with van der Waals surface area (Å²) >= 11 is 3.68. The first-order chi connectivity index (χ1) is 17.9. The molecular formula is C29H35BrN6O2. The number of allylic oxidation sites excluding steroid dienone is 4. The Morgan fingerprint density at radius 1 is 1.37 bits per heavy atom. The lowest BCUT2D eigenvalue weighted by atomic mass is 9.87. The maximum Gasteiger partial charge on any atom is 0.269 e. The normalized spacial score (nSPS) is 16.6. The molecule has 1 atom stereocenters. The van der Waals surface area contributed by atoms with Crippen LogP contribution in [0, 0.1) is 5.92 Å². The van der Waals surface area contributed by atoms with E-state index in [4.69, 9.17) is 10.8 Å². The number of benzene rings is 1. The van der Waals surface area contributed by atoms with Crippen molar-refractivity contribution in [1.29, 1.82) is 0 Å². The Balaban J connectivity index is 1.80. The second-order valence-electron chi connectivity index (χ2n) is 10.5. The lowest BCUT2D eigenvalue weighted by molar-refractivity contribution is 0.0939. The molecule has 3 aromatic rings. The van der Waals surface area contributed by atoms with Gasteiger partial charge in [-0.2, -0.15) is 5.10 Å². The molecule has 1 aliphatic carbocycles. The summed E-state index contributed by atoms with van der Waals surface area (Å²) in [6.45, 7) is 10.1. The van der Waals surface area contributed by atoms with Gasteiger partial charge in [-0.05, 0) is 96.5 Å². The Hall–Kier alpha value is -3.43. The molecule has 0 bridgehead atoms. The molecule has 2 heterocycles. The first-order valence-corrected chi connectivity index (χ1v) is 13.4. The van der Waals surface area contributed by atoms with E-state index in [0.29, 0.717) is 21.9 Å². The van der Waals surface area contributed by atoms with Crippen molar-refractivity contribution >= 4 is 44.0 Å². The van der Waals surface area contributed by atoms with Gasteiger partial charge in [-0.25, -0.2) is 9.67 Å². The van der Waals surface area contributed by atoms with E-state index in [1.165, 1.54) is 16.8 Å². The molecule has 1 amide bonds. The van der Waals surface area contributed by atoms with E-state index in [1.54, 1.807) is 30.8 Å². The average Bonchev–Trinajstić information content (AvgIpc) is 3.21. The summed E-state index contributed by atoms with van der Waals surface area (Å²) in [5.74, 6) is -0.135. The van der Waals surface area contributed by atoms with Crippen molar-refractivity contribution < 1.29 is 9.90 Å². The highest BCUT2D eigenvalue weighted by Crippen LogP contribution is 2.35. The molecule has 0 spiro atoms. The monoisotopic (exact) mass is 578 g/mol. The molecule has 9 heteroatoms. The number of aromatic nitrogens is 3. The van der Waals surface area contributed by atoms with E-state index in [0.717, 1.165) is 28.5 Å². The Morgan fingerprint density at radius 2 is 2.11 bits per heavy atom. The molecule has 1 aliphatic rings. The number of likely N-dealkylation sites (N-methyl/N-ethyl adjacent to an activating group) is 1. The summed E-state index contributed by atoms with van der Waals surface area (Å²) in [6, 6.07) is 7.88. The van der Waals surface area contributed by atoms with Crippen molar-refractivity contribution in [3.8, 4) is 5.69 Å². The van der Waals surface area contributed by atoms with Gasteiger partial charge in [0, 0.05) is 24.7 Å². The van der Waals surface area contributed by atoms with Crippen molar-refractivity contribution in [2.45, 2.75) is 46.6 Å². The molecule has 0 fully saturated rings. The van der Waals surface area contributed by atoms with Crippen LogP contribution in [0.2, 0.25) is 0 Å². The van der Waals surface area contributed by atoms with E-state index < -0.39 is 11.5 Å². The number of fused-ring (bicyclic) bond motifs is 1. The third-order valence-electron chi connectivity index (χ3n) is 6.89. The highest BCUT2D eigenvalue weighted by atomic mass is 79.9. The van der Waals surface area contributed by atoms with E-state index in [-0.39, 0.29) is 12.2 Å². The molecule has 38 heavy (non-hydrogen) atoms. The molecule has 0 saturated carbocycles. The topological polar surface area (TPSA) is 118 Å². The fraction of sp³-hybridized carbons (Fsp3) is 0.345. The third kappa shape index (κ3) is 5.54. The number of pyridine rings is 1. The number of amides is 1. The second-order valence-corrected chi connectivity index (χ2v) is 11.2. The Bertz CT molecular complexity index is 1490. The van der Waals surface area contributed by atoms with Gasteiger partial charge in [-0.15, -0.1) is 0 Å². The average molecular weight is 580 g/mol. The van der Waals surface area contributed by atoms with Gasteiger partial charge in [-0.1, -0.05) is 25.1 Å². The predicted molar refractivity (Wildman–Crippen MR) is 157 cm³/mol. The van der Waals surface area contributed by atoms with Crippen LogP contribution in [0.4, 0.5) is 5.69 Å². The van der Waals surface area contributed by atoms with Crippen LogP contribution in [-0.2, 0) is 0 Å². The van der Waals surface area contributed by atoms with Crippen molar-refractivity contribution in [3.05, 3.63) is 75.3 Å². The van der Waals surface area contributed by atoms with Gasteiger partial charge in [0.15, 0.2) is 5.69 Å². The molecule has 4 rings (SSSR count). The van der Waals surface area contributed by atoms with Crippen molar-refractivity contribution in [3.63, 3.8) is 0 Å². The maximum absolute atomic E-state index is 12.0. The van der Waals surface area contributed by atoms with Crippen LogP contribution in [0.15, 0.2) is 64.1 Å². The van der Waals surface area contributed by atoms with Gasteiger partial charge in [0.2, 0.25) is 0 Å². The van der Waals surface area contributed by atoms with Gasteiger partial charge in [0.05, 0.1) is 28.7 Å². The van der Waals surface area contributed by atoms with E-state index in [9.17, 15) is 9.90 Å². The fourth-order valence-corrected chi connectivity index (χ4v) is 5.28. The minimum Gasteiger partial charge on any atom is -0.389 e. The number of carbonyl (C=O) groups is 1. The predicted octanol–water partition coefficient (Wildman–Crippen LogP) is 5.33. The van der Waals surface area contributed by atoms with E-state index >= 15 is 0 Å². The minimum atomic E-state index is -0.988. The van der Waals surface area contributed by atoms with E-state index in [2.05, 4.69) is 70.5 Å². The zero-order valence-corrected chi connectivity index (χ0v) is 24.3. The molecule has 200 valence electrons. The number of nitrogens with zero attached hydrogens (tertiary/aromatic N) is 3. The summed E-state index contributed by atoms with van der Waals surface area (Å²) in [6.07, 6.45) is 7.10. The number of halogens is 1. The molecule has 1 unspecified atom stereocenters. The third-order valence-corrected chi connectivity index (χ3v) is 7.44. The molecule has 0 radical (unpaired) electrons. The molecule has 0 saturated heterocycles. The summed E-state index contributed by atoms with van der Waals surface area (Å²) in [7, 11) is 1.97. The summed E-state index contributed by atoms with van der Waals surface area (Å²) < 4.78 is 2.49. The van der Waals surface area contributed by atoms with Gasteiger partial charge in [0.1, 0.15) is 4.60 Å². The molecular weight excluding hydrogens is 544 g/mol. The minimum absolute atomic E-state index is 0.103. The zero-order chi connectivity index (χ0) is 27.8. The van der Waals surface area contributed by atoms with Crippen LogP contribution in [0.5, 0.6) is 0 Å². The van der Waals surface area contributed by atoms with Crippen LogP contribution >= 0.6 is 15.9 Å². The van der Waals surface area contributed by atoms with Gasteiger partial charge >= 0.3 is 0 Å². The first kappa shape index (κ1) is 27.6. The highest BCUT2D eigenvalue weighted by Gasteiger charge is 2.21. The van der Waals surface area contributed by atoms with Gasteiger partial charge < -0.3 is 21.5 Å². The summed E-state index contributed by atoms with van der Waals surface area (Å²) in [4.78, 5) is 16.3. The molecule has 8 nitrogen and oxygen atoms in total. The van der Waals surface area contributed by atoms with Crippen molar-refractivity contribution in [2.75, 3.05) is 18.9 Å². The standard InChI is InChI=1S/C29H35BrN6O2/c1-16-10-11-19(25(32-6)18(16)3)12-17(2)21-8-7-9-23-24(21)27(30)35-36(23)20-13-22(34-15-29(4,5)38)26(28(31)37)33-14-20/h7-9,11-14,16,32,34,38H,10,15H2,1-6H3,(H2,31,37). The molecule has 5 N–H and O–H groups in total.